The lowest BCUT2D eigenvalue weighted by atomic mass is 10.2. The molecule has 2 atom stereocenters. The molecule has 0 aliphatic carbocycles. The van der Waals surface area contributed by atoms with Crippen molar-refractivity contribution in [3.05, 3.63) is 0 Å². The molecule has 0 aromatic heterocycles. The van der Waals surface area contributed by atoms with E-state index in [4.69, 9.17) is 4.74 Å². The topological polar surface area (TPSA) is 58.6 Å². The zero-order chi connectivity index (χ0) is 13.6. The Balaban J connectivity index is 2.67. The minimum atomic E-state index is -3.20. The second-order valence-corrected chi connectivity index (χ2v) is 6.90. The Morgan fingerprint density at radius 3 is 2.72 bits per heavy atom. The Morgan fingerprint density at radius 1 is 1.50 bits per heavy atom. The van der Waals surface area contributed by atoms with E-state index < -0.39 is 10.0 Å². The molecule has 0 aromatic rings. The first-order valence-corrected chi connectivity index (χ1v) is 8.34. The van der Waals surface area contributed by atoms with E-state index in [-0.39, 0.29) is 17.8 Å². The Morgan fingerprint density at radius 2 is 2.22 bits per heavy atom. The highest BCUT2D eigenvalue weighted by Gasteiger charge is 2.30. The number of rotatable bonds is 8. The molecule has 0 bridgehead atoms. The third-order valence-electron chi connectivity index (χ3n) is 3.53. The Labute approximate surface area is 111 Å². The summed E-state index contributed by atoms with van der Waals surface area (Å²) in [7, 11) is -1.60. The van der Waals surface area contributed by atoms with Crippen molar-refractivity contribution in [2.24, 2.45) is 0 Å². The zero-order valence-corrected chi connectivity index (χ0v) is 12.5. The molecule has 1 heterocycles. The molecule has 0 amide bonds. The van der Waals surface area contributed by atoms with E-state index >= 15 is 0 Å². The predicted molar refractivity (Wildman–Crippen MR) is 73.1 cm³/mol. The van der Waals surface area contributed by atoms with Crippen LogP contribution in [0.2, 0.25) is 0 Å². The van der Waals surface area contributed by atoms with Crippen LogP contribution in [0.3, 0.4) is 0 Å². The molecule has 1 fully saturated rings. The Kier molecular flexibility index (Phi) is 6.55. The van der Waals surface area contributed by atoms with Crippen molar-refractivity contribution in [3.63, 3.8) is 0 Å². The average molecular weight is 278 g/mol. The van der Waals surface area contributed by atoms with Crippen molar-refractivity contribution in [1.82, 2.24) is 9.62 Å². The largest absolute Gasteiger partial charge is 0.383 e. The van der Waals surface area contributed by atoms with Crippen LogP contribution in [-0.4, -0.2) is 57.4 Å². The second-order valence-electron chi connectivity index (χ2n) is 4.93. The van der Waals surface area contributed by atoms with Gasteiger partial charge in [-0.25, -0.2) is 8.42 Å². The van der Waals surface area contributed by atoms with Crippen LogP contribution in [0.25, 0.3) is 0 Å². The van der Waals surface area contributed by atoms with Gasteiger partial charge in [-0.2, -0.15) is 4.31 Å². The number of ether oxygens (including phenoxy) is 1. The van der Waals surface area contributed by atoms with Crippen molar-refractivity contribution in [1.29, 1.82) is 0 Å². The fraction of sp³-hybridized carbons (Fsp3) is 1.00. The highest BCUT2D eigenvalue weighted by molar-refractivity contribution is 7.89. The van der Waals surface area contributed by atoms with E-state index in [1.54, 1.807) is 11.4 Å². The highest BCUT2D eigenvalue weighted by Crippen LogP contribution is 2.15. The first-order valence-electron chi connectivity index (χ1n) is 6.73. The van der Waals surface area contributed by atoms with E-state index in [1.807, 2.05) is 13.8 Å². The summed E-state index contributed by atoms with van der Waals surface area (Å²) in [5.41, 5.74) is 0. The van der Waals surface area contributed by atoms with Crippen LogP contribution in [0.15, 0.2) is 0 Å². The molecule has 0 radical (unpaired) electrons. The smallest absolute Gasteiger partial charge is 0.215 e. The molecule has 1 N–H and O–H groups in total. The second kappa shape index (κ2) is 7.43. The fourth-order valence-corrected chi connectivity index (χ4v) is 4.30. The summed E-state index contributed by atoms with van der Waals surface area (Å²) in [6, 6.07) is 0.149. The minimum absolute atomic E-state index is 0.0338. The lowest BCUT2D eigenvalue weighted by Crippen LogP contribution is -2.45. The number of nitrogens with one attached hydrogen (secondary N) is 1. The molecule has 5 nitrogen and oxygen atoms in total. The van der Waals surface area contributed by atoms with Gasteiger partial charge in [0.15, 0.2) is 0 Å². The summed E-state index contributed by atoms with van der Waals surface area (Å²) in [5, 5.41) is 3.24. The van der Waals surface area contributed by atoms with Crippen LogP contribution in [-0.2, 0) is 14.8 Å². The number of hydrogen-bond donors (Lipinski definition) is 1. The molecule has 108 valence electrons. The van der Waals surface area contributed by atoms with Crippen LogP contribution in [0.1, 0.15) is 33.1 Å². The van der Waals surface area contributed by atoms with Gasteiger partial charge in [0, 0.05) is 25.7 Å². The average Bonchev–Trinajstić information content (AvgIpc) is 2.80. The van der Waals surface area contributed by atoms with Crippen LogP contribution in [0.5, 0.6) is 0 Å². The zero-order valence-electron chi connectivity index (χ0n) is 11.7. The molecule has 1 rings (SSSR count). The number of methoxy groups -OCH3 is 1. The standard InChI is InChI=1S/C12H26N2O3S/c1-4-11(2)14(8-9-17-3)18(15,16)10-12-6-5-7-13-12/h11-13H,4-10H2,1-3H3. The van der Waals surface area contributed by atoms with Gasteiger partial charge in [0.25, 0.3) is 0 Å². The van der Waals surface area contributed by atoms with Crippen molar-refractivity contribution < 1.29 is 13.2 Å². The van der Waals surface area contributed by atoms with Crippen molar-refractivity contribution in [2.45, 2.75) is 45.2 Å². The molecule has 18 heavy (non-hydrogen) atoms. The molecule has 1 saturated heterocycles. The van der Waals surface area contributed by atoms with E-state index in [1.165, 1.54) is 0 Å². The molecular weight excluding hydrogens is 252 g/mol. The van der Waals surface area contributed by atoms with Crippen LogP contribution in [0, 0.1) is 0 Å². The Hall–Kier alpha value is -0.170. The first kappa shape index (κ1) is 15.9. The van der Waals surface area contributed by atoms with E-state index in [0.717, 1.165) is 25.8 Å². The van der Waals surface area contributed by atoms with Crippen LogP contribution in [0.4, 0.5) is 0 Å². The van der Waals surface area contributed by atoms with Crippen LogP contribution >= 0.6 is 0 Å². The van der Waals surface area contributed by atoms with Crippen LogP contribution < -0.4 is 5.32 Å². The molecule has 1 aliphatic rings. The third-order valence-corrected chi connectivity index (χ3v) is 5.61. The predicted octanol–water partition coefficient (Wildman–Crippen LogP) is 0.815. The Bertz CT molecular complexity index is 326. The van der Waals surface area contributed by atoms with Crippen molar-refractivity contribution >= 4 is 10.0 Å². The summed E-state index contributed by atoms with van der Waals surface area (Å²) in [5.74, 6) is 0.209. The van der Waals surface area contributed by atoms with E-state index in [2.05, 4.69) is 5.32 Å². The van der Waals surface area contributed by atoms with Gasteiger partial charge >= 0.3 is 0 Å². The van der Waals surface area contributed by atoms with Gasteiger partial charge in [-0.15, -0.1) is 0 Å². The number of nitrogens with zero attached hydrogens (tertiary/aromatic N) is 1. The molecule has 0 saturated carbocycles. The summed E-state index contributed by atoms with van der Waals surface area (Å²) in [6.45, 7) is 5.78. The van der Waals surface area contributed by atoms with Gasteiger partial charge in [-0.1, -0.05) is 6.92 Å². The van der Waals surface area contributed by atoms with Gasteiger partial charge in [0.2, 0.25) is 10.0 Å². The first-order chi connectivity index (χ1) is 8.51. The third kappa shape index (κ3) is 4.50. The molecule has 1 aliphatic heterocycles. The van der Waals surface area contributed by atoms with Gasteiger partial charge in [-0.3, -0.25) is 0 Å². The molecule has 2 unspecified atom stereocenters. The molecule has 6 heteroatoms. The normalized spacial score (nSPS) is 22.6. The van der Waals surface area contributed by atoms with Gasteiger partial charge < -0.3 is 10.1 Å². The quantitative estimate of drug-likeness (QED) is 0.714. The lowest BCUT2D eigenvalue weighted by molar-refractivity contribution is 0.167. The highest BCUT2D eigenvalue weighted by atomic mass is 32.2. The van der Waals surface area contributed by atoms with Gasteiger partial charge in [-0.05, 0) is 32.7 Å². The van der Waals surface area contributed by atoms with E-state index in [9.17, 15) is 8.42 Å². The maximum Gasteiger partial charge on any atom is 0.215 e. The van der Waals surface area contributed by atoms with Crippen molar-refractivity contribution in [2.75, 3.05) is 32.6 Å². The SMILES string of the molecule is CCC(C)N(CCOC)S(=O)(=O)CC1CCCN1. The summed E-state index contributed by atoms with van der Waals surface area (Å²) < 4.78 is 31.5. The fourth-order valence-electron chi connectivity index (χ4n) is 2.27. The minimum Gasteiger partial charge on any atom is -0.383 e. The number of hydrogen-bond acceptors (Lipinski definition) is 4. The summed E-state index contributed by atoms with van der Waals surface area (Å²) >= 11 is 0. The monoisotopic (exact) mass is 278 g/mol. The van der Waals surface area contributed by atoms with Gasteiger partial charge in [0.1, 0.15) is 0 Å². The number of sulfonamides is 1. The maximum absolute atomic E-state index is 12.4. The van der Waals surface area contributed by atoms with Gasteiger partial charge in [0.05, 0.1) is 12.4 Å². The van der Waals surface area contributed by atoms with Crippen molar-refractivity contribution in [3.8, 4) is 0 Å². The summed E-state index contributed by atoms with van der Waals surface area (Å²) in [4.78, 5) is 0. The molecular formula is C12H26N2O3S. The maximum atomic E-state index is 12.4. The lowest BCUT2D eigenvalue weighted by Gasteiger charge is -2.28. The molecule has 0 aromatic carbocycles. The molecule has 0 spiro atoms. The summed E-state index contributed by atoms with van der Waals surface area (Å²) in [6.07, 6.45) is 2.85. The van der Waals surface area contributed by atoms with E-state index in [0.29, 0.717) is 13.2 Å².